The van der Waals surface area contributed by atoms with Crippen molar-refractivity contribution in [2.75, 3.05) is 0 Å². The van der Waals surface area contributed by atoms with Crippen molar-refractivity contribution in [3.8, 4) is 0 Å². The highest BCUT2D eigenvalue weighted by molar-refractivity contribution is 7.79. The lowest BCUT2D eigenvalue weighted by atomic mass is 10.2. The van der Waals surface area contributed by atoms with Gasteiger partial charge in [-0.2, -0.15) is 0 Å². The Balaban J connectivity index is 1.92. The van der Waals surface area contributed by atoms with Crippen LogP contribution in [0.3, 0.4) is 0 Å². The van der Waals surface area contributed by atoms with Gasteiger partial charge in [-0.1, -0.05) is 121 Å². The van der Waals surface area contributed by atoms with E-state index in [9.17, 15) is 4.57 Å². The second-order valence-electron chi connectivity index (χ2n) is 6.80. The minimum Gasteiger partial charge on any atom is -0.311 e. The molecular formula is C26H22NOP. The first-order valence-electron chi connectivity index (χ1n) is 9.62. The number of hydrogen-bond donors (Lipinski definition) is 0. The van der Waals surface area contributed by atoms with Crippen LogP contribution in [0.5, 0.6) is 0 Å². The van der Waals surface area contributed by atoms with Crippen LogP contribution in [0, 0.1) is 0 Å². The van der Waals surface area contributed by atoms with Crippen molar-refractivity contribution in [2.24, 2.45) is 4.99 Å². The first-order valence-corrected chi connectivity index (χ1v) is 11.4. The highest BCUT2D eigenvalue weighted by Crippen LogP contribution is 2.57. The van der Waals surface area contributed by atoms with Crippen LogP contribution in [0.2, 0.25) is 0 Å². The Morgan fingerprint density at radius 3 is 1.48 bits per heavy atom. The molecule has 0 saturated carbocycles. The third-order valence-corrected chi connectivity index (χ3v) is 8.14. The molecule has 0 saturated heterocycles. The average molecular weight is 395 g/mol. The maximum absolute atomic E-state index is 14.8. The first kappa shape index (κ1) is 19.1. The van der Waals surface area contributed by atoms with Crippen molar-refractivity contribution in [1.29, 1.82) is 0 Å². The number of benzene rings is 4. The predicted octanol–water partition coefficient (Wildman–Crippen LogP) is 5.82. The molecule has 0 spiro atoms. The van der Waals surface area contributed by atoms with Crippen molar-refractivity contribution in [3.63, 3.8) is 0 Å². The van der Waals surface area contributed by atoms with Gasteiger partial charge in [-0.25, -0.2) is 0 Å². The van der Waals surface area contributed by atoms with Crippen molar-refractivity contribution >= 4 is 24.0 Å². The van der Waals surface area contributed by atoms with Gasteiger partial charge in [0.15, 0.2) is 7.14 Å². The quantitative estimate of drug-likeness (QED) is 0.299. The Bertz CT molecular complexity index is 1070. The molecule has 0 amide bonds. The topological polar surface area (TPSA) is 29.4 Å². The van der Waals surface area contributed by atoms with Crippen LogP contribution in [0.1, 0.15) is 16.9 Å². The molecule has 0 aromatic heterocycles. The van der Waals surface area contributed by atoms with E-state index in [1.165, 1.54) is 0 Å². The van der Waals surface area contributed by atoms with Crippen LogP contribution < -0.4 is 10.6 Å². The third kappa shape index (κ3) is 4.13. The zero-order valence-electron chi connectivity index (χ0n) is 16.0. The highest BCUT2D eigenvalue weighted by atomic mass is 31.2. The number of nitrogens with zero attached hydrogens (tertiary/aromatic N) is 1. The van der Waals surface area contributed by atoms with Crippen molar-refractivity contribution in [3.05, 3.63) is 132 Å². The van der Waals surface area contributed by atoms with Crippen LogP contribution in [0.25, 0.3) is 0 Å². The van der Waals surface area contributed by atoms with Gasteiger partial charge >= 0.3 is 0 Å². The molecule has 0 aliphatic carbocycles. The molecule has 0 heterocycles. The highest BCUT2D eigenvalue weighted by Gasteiger charge is 2.37. The molecule has 0 fully saturated rings. The molecule has 0 aliphatic heterocycles. The zero-order chi connectivity index (χ0) is 19.9. The summed E-state index contributed by atoms with van der Waals surface area (Å²) in [6, 6.07) is 39.3. The van der Waals surface area contributed by atoms with Gasteiger partial charge in [0.25, 0.3) is 0 Å². The molecule has 0 N–H and O–H groups in total. The van der Waals surface area contributed by atoms with E-state index in [1.807, 2.05) is 128 Å². The minimum atomic E-state index is -3.09. The first-order chi connectivity index (χ1) is 14.3. The standard InChI is InChI=1S/C26H22NOP/c28-29(24-17-9-3-10-18-24,25-19-11-4-12-20-25)26(23-15-7-2-8-16-23)27-21-22-13-5-1-6-14-22/h1-21,26H. The lowest BCUT2D eigenvalue weighted by molar-refractivity contribution is 0.579. The molecule has 29 heavy (non-hydrogen) atoms. The van der Waals surface area contributed by atoms with Gasteiger partial charge in [0, 0.05) is 16.8 Å². The maximum atomic E-state index is 14.8. The summed E-state index contributed by atoms with van der Waals surface area (Å²) in [5, 5.41) is 1.62. The summed E-state index contributed by atoms with van der Waals surface area (Å²) in [7, 11) is -3.09. The number of aliphatic imine (C=N–C) groups is 1. The Morgan fingerprint density at radius 1 is 0.586 bits per heavy atom. The second kappa shape index (κ2) is 8.86. The summed E-state index contributed by atoms with van der Waals surface area (Å²) < 4.78 is 14.8. The van der Waals surface area contributed by atoms with Crippen LogP contribution in [0.4, 0.5) is 0 Å². The van der Waals surface area contributed by atoms with Crippen molar-refractivity contribution in [1.82, 2.24) is 0 Å². The van der Waals surface area contributed by atoms with E-state index in [4.69, 9.17) is 4.99 Å². The molecule has 4 aromatic rings. The van der Waals surface area contributed by atoms with Crippen LogP contribution in [0.15, 0.2) is 126 Å². The van der Waals surface area contributed by atoms with Gasteiger partial charge in [0.1, 0.15) is 5.78 Å². The Kier molecular flexibility index (Phi) is 5.84. The fourth-order valence-corrected chi connectivity index (χ4v) is 6.38. The Morgan fingerprint density at radius 2 is 1.00 bits per heavy atom. The summed E-state index contributed by atoms with van der Waals surface area (Å²) in [4.78, 5) is 4.90. The fraction of sp³-hybridized carbons (Fsp3) is 0.0385. The monoisotopic (exact) mass is 395 g/mol. The lowest BCUT2D eigenvalue weighted by Gasteiger charge is -2.26. The van der Waals surface area contributed by atoms with Crippen molar-refractivity contribution in [2.45, 2.75) is 5.78 Å². The molecule has 3 heteroatoms. The van der Waals surface area contributed by atoms with E-state index < -0.39 is 12.9 Å². The van der Waals surface area contributed by atoms with Gasteiger partial charge in [-0.05, 0) is 11.1 Å². The van der Waals surface area contributed by atoms with E-state index >= 15 is 0 Å². The normalized spacial score (nSPS) is 12.7. The lowest BCUT2D eigenvalue weighted by Crippen LogP contribution is -2.20. The van der Waals surface area contributed by atoms with E-state index in [0.29, 0.717) is 0 Å². The summed E-state index contributed by atoms with van der Waals surface area (Å²) in [6.07, 6.45) is 1.83. The molecule has 1 atom stereocenters. The third-order valence-electron chi connectivity index (χ3n) is 4.89. The predicted molar refractivity (Wildman–Crippen MR) is 123 cm³/mol. The van der Waals surface area contributed by atoms with Gasteiger partial charge in [-0.15, -0.1) is 0 Å². The van der Waals surface area contributed by atoms with Crippen LogP contribution >= 0.6 is 7.14 Å². The summed E-state index contributed by atoms with van der Waals surface area (Å²) in [5.74, 6) is -0.506. The van der Waals surface area contributed by atoms with Crippen LogP contribution in [-0.4, -0.2) is 6.21 Å². The summed E-state index contributed by atoms with van der Waals surface area (Å²) in [5.41, 5.74) is 1.93. The SMILES string of the molecule is O=P(c1ccccc1)(c1ccccc1)C(N=Cc1ccccc1)c1ccccc1. The Labute approximate surface area is 172 Å². The van der Waals surface area contributed by atoms with E-state index in [2.05, 4.69) is 0 Å². The minimum absolute atomic E-state index is 0.506. The second-order valence-corrected chi connectivity index (χ2v) is 9.64. The fourth-order valence-electron chi connectivity index (χ4n) is 3.44. The molecule has 0 aliphatic rings. The molecule has 1 unspecified atom stereocenters. The summed E-state index contributed by atoms with van der Waals surface area (Å²) >= 11 is 0. The maximum Gasteiger partial charge on any atom is 0.170 e. The molecular weight excluding hydrogens is 373 g/mol. The summed E-state index contributed by atoms with van der Waals surface area (Å²) in [6.45, 7) is 0. The smallest absolute Gasteiger partial charge is 0.170 e. The molecule has 0 bridgehead atoms. The van der Waals surface area contributed by atoms with E-state index in [1.54, 1.807) is 0 Å². The molecule has 4 aromatic carbocycles. The van der Waals surface area contributed by atoms with Crippen molar-refractivity contribution < 1.29 is 4.57 Å². The van der Waals surface area contributed by atoms with Gasteiger partial charge in [-0.3, -0.25) is 4.99 Å². The van der Waals surface area contributed by atoms with Gasteiger partial charge < -0.3 is 4.57 Å². The molecule has 0 radical (unpaired) electrons. The van der Waals surface area contributed by atoms with Gasteiger partial charge in [0.2, 0.25) is 0 Å². The van der Waals surface area contributed by atoms with E-state index in [0.717, 1.165) is 21.7 Å². The van der Waals surface area contributed by atoms with Gasteiger partial charge in [0.05, 0.1) is 0 Å². The average Bonchev–Trinajstić information content (AvgIpc) is 2.81. The number of hydrogen-bond acceptors (Lipinski definition) is 2. The Hall–Kier alpha value is -3.22. The molecule has 142 valence electrons. The number of rotatable bonds is 6. The largest absolute Gasteiger partial charge is 0.311 e. The van der Waals surface area contributed by atoms with Crippen LogP contribution in [-0.2, 0) is 4.57 Å². The van der Waals surface area contributed by atoms with E-state index in [-0.39, 0.29) is 0 Å². The molecule has 4 rings (SSSR count). The zero-order valence-corrected chi connectivity index (χ0v) is 16.9. The molecule has 2 nitrogen and oxygen atoms in total.